The van der Waals surface area contributed by atoms with Gasteiger partial charge in [-0.15, -0.1) is 0 Å². The van der Waals surface area contributed by atoms with Crippen LogP contribution in [-0.4, -0.2) is 35.1 Å². The van der Waals surface area contributed by atoms with E-state index in [-0.39, 0.29) is 0 Å². The van der Waals surface area contributed by atoms with Crippen LogP contribution in [0.25, 0.3) is 0 Å². The highest BCUT2D eigenvalue weighted by Crippen LogP contribution is 2.37. The Morgan fingerprint density at radius 2 is 1.09 bits per heavy atom. The lowest BCUT2D eigenvalue weighted by Gasteiger charge is -2.42. The Morgan fingerprint density at radius 3 is 1.53 bits per heavy atom. The first-order valence-electron chi connectivity index (χ1n) is 11.4. The lowest BCUT2D eigenvalue weighted by Crippen LogP contribution is -2.54. The van der Waals surface area contributed by atoms with Crippen molar-refractivity contribution in [1.82, 2.24) is 10.0 Å². The normalized spacial score (nSPS) is 12.4. The molecule has 4 aromatic rings. The molecule has 4 rings (SSSR count). The Morgan fingerprint density at radius 1 is 0.676 bits per heavy atom. The summed E-state index contributed by atoms with van der Waals surface area (Å²) in [6.07, 6.45) is 0. The molecule has 4 aromatic carbocycles. The van der Waals surface area contributed by atoms with E-state index < -0.39 is 17.6 Å². The van der Waals surface area contributed by atoms with Crippen molar-refractivity contribution >= 4 is 5.91 Å². The molecule has 0 saturated heterocycles. The maximum atomic E-state index is 14.5. The van der Waals surface area contributed by atoms with Gasteiger partial charge in [-0.25, -0.2) is 5.01 Å². The summed E-state index contributed by atoms with van der Waals surface area (Å²) in [5.74, 6) is -0.427. The second-order valence-electron chi connectivity index (χ2n) is 8.66. The summed E-state index contributed by atoms with van der Waals surface area (Å²) in [6.45, 7) is 2.04. The number of amides is 1. The van der Waals surface area contributed by atoms with Crippen LogP contribution in [0, 0.1) is 6.92 Å². The van der Waals surface area contributed by atoms with Crippen LogP contribution >= 0.6 is 0 Å². The molecule has 1 atom stereocenters. The molecule has 34 heavy (non-hydrogen) atoms. The number of aryl methyl sites for hydroxylation is 1. The van der Waals surface area contributed by atoms with E-state index in [0.29, 0.717) is 11.1 Å². The molecule has 1 N–H and O–H groups in total. The highest BCUT2D eigenvalue weighted by Gasteiger charge is 2.46. The maximum Gasteiger partial charge on any atom is 0.279 e. The van der Waals surface area contributed by atoms with E-state index in [9.17, 15) is 9.90 Å². The summed E-state index contributed by atoms with van der Waals surface area (Å²) in [5, 5.41) is 15.6. The first-order chi connectivity index (χ1) is 16.4. The second kappa shape index (κ2) is 10.0. The number of carbonyl (C=O) groups excluding carboxylic acids is 1. The van der Waals surface area contributed by atoms with Crippen molar-refractivity contribution in [1.29, 1.82) is 0 Å². The zero-order chi connectivity index (χ0) is 24.1. The van der Waals surface area contributed by atoms with Crippen LogP contribution in [0.5, 0.6) is 0 Å². The summed E-state index contributed by atoms with van der Waals surface area (Å²) in [6, 6.07) is 36.0. The summed E-state index contributed by atoms with van der Waals surface area (Å²) in [5.41, 5.74) is 2.23. The zero-order valence-electron chi connectivity index (χ0n) is 19.8. The summed E-state index contributed by atoms with van der Waals surface area (Å²) < 4.78 is 0. The molecule has 4 heteroatoms. The number of carbonyl (C=O) groups is 1. The minimum Gasteiger partial charge on any atom is -0.372 e. The van der Waals surface area contributed by atoms with Crippen molar-refractivity contribution in [3.63, 3.8) is 0 Å². The fourth-order valence-corrected chi connectivity index (χ4v) is 4.33. The third kappa shape index (κ3) is 4.51. The average Bonchev–Trinajstić information content (AvgIpc) is 2.88. The van der Waals surface area contributed by atoms with Crippen molar-refractivity contribution in [2.24, 2.45) is 0 Å². The van der Waals surface area contributed by atoms with Crippen molar-refractivity contribution in [3.8, 4) is 0 Å². The molecular weight excluding hydrogens is 420 g/mol. The summed E-state index contributed by atoms with van der Waals surface area (Å²) >= 11 is 0. The predicted octanol–water partition coefficient (Wildman–Crippen LogP) is 5.33. The maximum absolute atomic E-state index is 14.5. The lowest BCUT2D eigenvalue weighted by molar-refractivity contribution is -0.166. The van der Waals surface area contributed by atoms with Gasteiger partial charge < -0.3 is 5.11 Å². The first-order valence-corrected chi connectivity index (χ1v) is 11.4. The number of hydrogen-bond donors (Lipinski definition) is 1. The molecule has 0 aromatic heterocycles. The number of hydrogen-bond acceptors (Lipinski definition) is 3. The minimum atomic E-state index is -1.87. The van der Waals surface area contributed by atoms with Gasteiger partial charge in [-0.05, 0) is 29.2 Å². The SMILES string of the molecule is Cc1ccc([C@H](c2ccccc2)N(C(=O)C(O)(c2ccccc2)c2ccccc2)N(C)C)cc1. The molecule has 0 unspecified atom stereocenters. The number of aliphatic hydroxyl groups is 1. The molecular formula is C30H30N2O2. The van der Waals surface area contributed by atoms with Gasteiger partial charge in [-0.2, -0.15) is 0 Å². The smallest absolute Gasteiger partial charge is 0.279 e. The first kappa shape index (κ1) is 23.4. The zero-order valence-corrected chi connectivity index (χ0v) is 19.8. The van der Waals surface area contributed by atoms with Gasteiger partial charge in [0, 0.05) is 14.1 Å². The summed E-state index contributed by atoms with van der Waals surface area (Å²) in [4.78, 5) is 14.5. The van der Waals surface area contributed by atoms with Crippen LogP contribution in [0.15, 0.2) is 115 Å². The Hall–Kier alpha value is -3.73. The van der Waals surface area contributed by atoms with Crippen LogP contribution in [0.4, 0.5) is 0 Å². The number of rotatable bonds is 7. The molecule has 0 heterocycles. The molecule has 0 bridgehead atoms. The third-order valence-electron chi connectivity index (χ3n) is 6.08. The Labute approximate surface area is 201 Å². The van der Waals surface area contributed by atoms with Gasteiger partial charge in [0.05, 0.1) is 6.04 Å². The van der Waals surface area contributed by atoms with Crippen LogP contribution < -0.4 is 0 Å². The predicted molar refractivity (Wildman–Crippen MR) is 136 cm³/mol. The minimum absolute atomic E-state index is 0.427. The molecule has 0 aliphatic heterocycles. The molecule has 0 aliphatic carbocycles. The van der Waals surface area contributed by atoms with E-state index in [1.54, 1.807) is 34.3 Å². The molecule has 0 radical (unpaired) electrons. The second-order valence-corrected chi connectivity index (χ2v) is 8.66. The van der Waals surface area contributed by atoms with Gasteiger partial charge in [-0.1, -0.05) is 121 Å². The largest absolute Gasteiger partial charge is 0.372 e. The Balaban J connectivity index is 1.92. The van der Waals surface area contributed by atoms with Gasteiger partial charge in [-0.3, -0.25) is 9.80 Å². The number of hydrazine groups is 1. The molecule has 172 valence electrons. The van der Waals surface area contributed by atoms with E-state index in [4.69, 9.17) is 0 Å². The summed E-state index contributed by atoms with van der Waals surface area (Å²) in [7, 11) is 3.66. The number of nitrogens with zero attached hydrogens (tertiary/aromatic N) is 2. The number of benzene rings is 4. The Kier molecular flexibility index (Phi) is 6.92. The van der Waals surface area contributed by atoms with Crippen LogP contribution in [0.1, 0.15) is 33.9 Å². The fourth-order valence-electron chi connectivity index (χ4n) is 4.33. The van der Waals surface area contributed by atoms with E-state index in [1.807, 2.05) is 112 Å². The molecule has 0 saturated carbocycles. The quantitative estimate of drug-likeness (QED) is 0.387. The highest BCUT2D eigenvalue weighted by atomic mass is 16.3. The van der Waals surface area contributed by atoms with Crippen molar-refractivity contribution < 1.29 is 9.90 Å². The van der Waals surface area contributed by atoms with E-state index in [0.717, 1.165) is 16.7 Å². The molecule has 0 fully saturated rings. The van der Waals surface area contributed by atoms with Gasteiger partial charge in [0.2, 0.25) is 0 Å². The van der Waals surface area contributed by atoms with Crippen molar-refractivity contribution in [2.75, 3.05) is 14.1 Å². The van der Waals surface area contributed by atoms with Gasteiger partial charge in [0.25, 0.3) is 5.91 Å². The average molecular weight is 451 g/mol. The van der Waals surface area contributed by atoms with E-state index in [1.165, 1.54) is 0 Å². The van der Waals surface area contributed by atoms with Crippen LogP contribution in [0.3, 0.4) is 0 Å². The van der Waals surface area contributed by atoms with Gasteiger partial charge >= 0.3 is 0 Å². The van der Waals surface area contributed by atoms with Crippen molar-refractivity contribution in [3.05, 3.63) is 143 Å². The van der Waals surface area contributed by atoms with E-state index >= 15 is 0 Å². The van der Waals surface area contributed by atoms with Crippen molar-refractivity contribution in [2.45, 2.75) is 18.6 Å². The van der Waals surface area contributed by atoms with Crippen LogP contribution in [0.2, 0.25) is 0 Å². The standard InChI is InChI=1S/C30H30N2O2/c1-23-19-21-25(22-20-23)28(24-13-7-4-8-14-24)32(31(2)3)29(33)30(34,26-15-9-5-10-16-26)27-17-11-6-12-18-27/h4-22,28,34H,1-3H3/t28-/m0/s1. The van der Waals surface area contributed by atoms with E-state index in [2.05, 4.69) is 0 Å². The monoisotopic (exact) mass is 450 g/mol. The highest BCUT2D eigenvalue weighted by molar-refractivity contribution is 5.90. The van der Waals surface area contributed by atoms with Crippen LogP contribution in [-0.2, 0) is 10.4 Å². The molecule has 4 nitrogen and oxygen atoms in total. The molecule has 1 amide bonds. The topological polar surface area (TPSA) is 43.8 Å². The molecule has 0 spiro atoms. The lowest BCUT2D eigenvalue weighted by atomic mass is 9.84. The Bertz CT molecular complexity index is 1170. The molecule has 0 aliphatic rings. The third-order valence-corrected chi connectivity index (χ3v) is 6.08. The van der Waals surface area contributed by atoms with Gasteiger partial charge in [0.15, 0.2) is 5.60 Å². The van der Waals surface area contributed by atoms with Gasteiger partial charge in [0.1, 0.15) is 0 Å². The fraction of sp³-hybridized carbons (Fsp3) is 0.167.